The van der Waals surface area contributed by atoms with E-state index in [0.717, 1.165) is 43.3 Å². The number of nitrogens with zero attached hydrogens (tertiary/aromatic N) is 4. The molecule has 0 atom stereocenters. The number of anilines is 1. The van der Waals surface area contributed by atoms with Gasteiger partial charge in [0.1, 0.15) is 5.82 Å². The molecule has 7 heteroatoms. The molecule has 1 N–H and O–H groups in total. The molecule has 1 aromatic heterocycles. The van der Waals surface area contributed by atoms with Gasteiger partial charge in [-0.3, -0.25) is 9.48 Å². The SMILES string of the molecule is Cn1nc(C2CC2)nc1CNc1ccc(Cl)cc1C(=O)N1CCCC1. The Morgan fingerprint density at radius 2 is 2.08 bits per heavy atom. The summed E-state index contributed by atoms with van der Waals surface area (Å²) in [6, 6.07) is 5.41. The number of likely N-dealkylation sites (tertiary alicyclic amines) is 1. The van der Waals surface area contributed by atoms with Crippen molar-refractivity contribution in [3.05, 3.63) is 40.4 Å². The quantitative estimate of drug-likeness (QED) is 0.890. The van der Waals surface area contributed by atoms with Crippen molar-refractivity contribution in [1.29, 1.82) is 0 Å². The Hall–Kier alpha value is -2.08. The van der Waals surface area contributed by atoms with Crippen LogP contribution in [0.4, 0.5) is 5.69 Å². The Labute approximate surface area is 152 Å². The predicted molar refractivity (Wildman–Crippen MR) is 96.9 cm³/mol. The van der Waals surface area contributed by atoms with Gasteiger partial charge in [-0.05, 0) is 43.9 Å². The van der Waals surface area contributed by atoms with Crippen LogP contribution in [-0.4, -0.2) is 38.7 Å². The summed E-state index contributed by atoms with van der Waals surface area (Å²) in [6.45, 7) is 2.16. The van der Waals surface area contributed by atoms with E-state index < -0.39 is 0 Å². The van der Waals surface area contributed by atoms with Gasteiger partial charge in [0.05, 0.1) is 12.1 Å². The lowest BCUT2D eigenvalue weighted by Crippen LogP contribution is -2.28. The average Bonchev–Trinajstić information content (AvgIpc) is 3.17. The third kappa shape index (κ3) is 3.49. The molecule has 0 radical (unpaired) electrons. The molecule has 1 saturated carbocycles. The average molecular weight is 360 g/mol. The van der Waals surface area contributed by atoms with E-state index in [9.17, 15) is 4.79 Å². The van der Waals surface area contributed by atoms with E-state index in [4.69, 9.17) is 11.6 Å². The Balaban J connectivity index is 1.52. The predicted octanol–water partition coefficient (Wildman–Crippen LogP) is 3.19. The van der Waals surface area contributed by atoms with Crippen molar-refractivity contribution < 1.29 is 4.79 Å². The van der Waals surface area contributed by atoms with Crippen molar-refractivity contribution in [2.75, 3.05) is 18.4 Å². The largest absolute Gasteiger partial charge is 0.377 e. The summed E-state index contributed by atoms with van der Waals surface area (Å²) in [5.74, 6) is 2.38. The number of rotatable bonds is 5. The van der Waals surface area contributed by atoms with Crippen molar-refractivity contribution in [2.24, 2.45) is 7.05 Å². The number of carbonyl (C=O) groups excluding carboxylic acids is 1. The Morgan fingerprint density at radius 1 is 1.32 bits per heavy atom. The van der Waals surface area contributed by atoms with Crippen molar-refractivity contribution >= 4 is 23.2 Å². The molecule has 1 aromatic carbocycles. The normalized spacial score (nSPS) is 17.1. The van der Waals surface area contributed by atoms with Gasteiger partial charge in [0.2, 0.25) is 0 Å². The summed E-state index contributed by atoms with van der Waals surface area (Å²) in [5.41, 5.74) is 1.41. The van der Waals surface area contributed by atoms with Crippen LogP contribution < -0.4 is 5.32 Å². The Bertz CT molecular complexity index is 793. The third-order valence-corrected chi connectivity index (χ3v) is 5.09. The van der Waals surface area contributed by atoms with Crippen molar-refractivity contribution in [2.45, 2.75) is 38.1 Å². The van der Waals surface area contributed by atoms with Crippen LogP contribution in [0.1, 0.15) is 53.6 Å². The maximum Gasteiger partial charge on any atom is 0.256 e. The second kappa shape index (κ2) is 6.67. The molecule has 6 nitrogen and oxygen atoms in total. The first kappa shape index (κ1) is 16.4. The van der Waals surface area contributed by atoms with Crippen LogP contribution in [0.5, 0.6) is 0 Å². The Morgan fingerprint density at radius 3 is 2.80 bits per heavy atom. The molecule has 2 heterocycles. The molecule has 2 aliphatic rings. The number of nitrogens with one attached hydrogen (secondary N) is 1. The topological polar surface area (TPSA) is 63.1 Å². The minimum atomic E-state index is 0.0409. The maximum atomic E-state index is 12.8. The van der Waals surface area contributed by atoms with E-state index in [1.807, 2.05) is 22.7 Å². The number of hydrogen-bond acceptors (Lipinski definition) is 4. The lowest BCUT2D eigenvalue weighted by atomic mass is 10.1. The molecule has 25 heavy (non-hydrogen) atoms. The van der Waals surface area contributed by atoms with E-state index in [2.05, 4.69) is 15.4 Å². The second-order valence-corrected chi connectivity index (χ2v) is 7.26. The lowest BCUT2D eigenvalue weighted by Gasteiger charge is -2.18. The third-order valence-electron chi connectivity index (χ3n) is 4.85. The summed E-state index contributed by atoms with van der Waals surface area (Å²) < 4.78 is 1.82. The highest BCUT2D eigenvalue weighted by molar-refractivity contribution is 6.31. The summed E-state index contributed by atoms with van der Waals surface area (Å²) in [5, 5.41) is 8.41. The van der Waals surface area contributed by atoms with Gasteiger partial charge >= 0.3 is 0 Å². The molecule has 4 rings (SSSR count). The standard InChI is InChI=1S/C18H22ClN5O/c1-23-16(21-17(22-23)12-4-5-12)11-20-15-7-6-13(19)10-14(15)18(25)24-8-2-3-9-24/h6-7,10,12,20H,2-5,8-9,11H2,1H3. The van der Waals surface area contributed by atoms with E-state index >= 15 is 0 Å². The van der Waals surface area contributed by atoms with Crippen molar-refractivity contribution in [1.82, 2.24) is 19.7 Å². The molecular weight excluding hydrogens is 338 g/mol. The number of hydrogen-bond donors (Lipinski definition) is 1. The zero-order valence-corrected chi connectivity index (χ0v) is 15.1. The van der Waals surface area contributed by atoms with Crippen LogP contribution in [0.2, 0.25) is 5.02 Å². The van der Waals surface area contributed by atoms with Gasteiger partial charge in [-0.15, -0.1) is 0 Å². The molecule has 2 aromatic rings. The van der Waals surface area contributed by atoms with E-state index in [-0.39, 0.29) is 5.91 Å². The molecule has 1 aliphatic heterocycles. The van der Waals surface area contributed by atoms with Crippen LogP contribution in [-0.2, 0) is 13.6 Å². The van der Waals surface area contributed by atoms with E-state index in [1.54, 1.807) is 12.1 Å². The van der Waals surface area contributed by atoms with Crippen LogP contribution >= 0.6 is 11.6 Å². The summed E-state index contributed by atoms with van der Waals surface area (Å²) in [4.78, 5) is 19.3. The van der Waals surface area contributed by atoms with Crippen LogP contribution in [0.3, 0.4) is 0 Å². The van der Waals surface area contributed by atoms with Gasteiger partial charge in [0, 0.05) is 36.8 Å². The fourth-order valence-corrected chi connectivity index (χ4v) is 3.39. The minimum Gasteiger partial charge on any atom is -0.377 e. The summed E-state index contributed by atoms with van der Waals surface area (Å²) in [7, 11) is 1.91. The van der Waals surface area contributed by atoms with E-state index in [0.29, 0.717) is 23.0 Å². The second-order valence-electron chi connectivity index (χ2n) is 6.83. The molecule has 0 unspecified atom stereocenters. The lowest BCUT2D eigenvalue weighted by molar-refractivity contribution is 0.0793. The highest BCUT2D eigenvalue weighted by Crippen LogP contribution is 2.38. The monoisotopic (exact) mass is 359 g/mol. The van der Waals surface area contributed by atoms with Crippen LogP contribution in [0.15, 0.2) is 18.2 Å². The molecular formula is C18H22ClN5O. The first-order valence-electron chi connectivity index (χ1n) is 8.84. The Kier molecular flexibility index (Phi) is 4.37. The molecule has 0 spiro atoms. The van der Waals surface area contributed by atoms with Crippen molar-refractivity contribution in [3.8, 4) is 0 Å². The number of carbonyl (C=O) groups is 1. The van der Waals surface area contributed by atoms with E-state index in [1.165, 1.54) is 12.8 Å². The maximum absolute atomic E-state index is 12.8. The zero-order valence-electron chi connectivity index (χ0n) is 14.3. The highest BCUT2D eigenvalue weighted by Gasteiger charge is 2.28. The van der Waals surface area contributed by atoms with Gasteiger partial charge in [-0.1, -0.05) is 11.6 Å². The zero-order chi connectivity index (χ0) is 17.4. The fourth-order valence-electron chi connectivity index (χ4n) is 3.22. The van der Waals surface area contributed by atoms with Crippen LogP contribution in [0, 0.1) is 0 Å². The van der Waals surface area contributed by atoms with Gasteiger partial charge in [-0.25, -0.2) is 4.98 Å². The number of amides is 1. The van der Waals surface area contributed by atoms with Gasteiger partial charge < -0.3 is 10.2 Å². The number of benzene rings is 1. The number of halogens is 1. The summed E-state index contributed by atoms with van der Waals surface area (Å²) in [6.07, 6.45) is 4.50. The minimum absolute atomic E-state index is 0.0409. The molecule has 1 saturated heterocycles. The van der Waals surface area contributed by atoms with Gasteiger partial charge in [0.15, 0.2) is 5.82 Å². The highest BCUT2D eigenvalue weighted by atomic mass is 35.5. The molecule has 1 amide bonds. The van der Waals surface area contributed by atoms with Crippen LogP contribution in [0.25, 0.3) is 0 Å². The van der Waals surface area contributed by atoms with Crippen molar-refractivity contribution in [3.63, 3.8) is 0 Å². The first-order chi connectivity index (χ1) is 12.1. The molecule has 2 fully saturated rings. The molecule has 132 valence electrons. The number of aryl methyl sites for hydroxylation is 1. The summed E-state index contributed by atoms with van der Waals surface area (Å²) >= 11 is 6.13. The van der Waals surface area contributed by atoms with Gasteiger partial charge in [0.25, 0.3) is 5.91 Å². The smallest absolute Gasteiger partial charge is 0.256 e. The molecule has 1 aliphatic carbocycles. The number of aromatic nitrogens is 3. The molecule has 0 bridgehead atoms. The fraction of sp³-hybridized carbons (Fsp3) is 0.500. The van der Waals surface area contributed by atoms with Gasteiger partial charge in [-0.2, -0.15) is 5.10 Å². The first-order valence-corrected chi connectivity index (χ1v) is 9.22.